The van der Waals surface area contributed by atoms with Gasteiger partial charge in [0.05, 0.1) is 30.2 Å². The predicted octanol–water partition coefficient (Wildman–Crippen LogP) is 4.08. The van der Waals surface area contributed by atoms with E-state index in [0.717, 1.165) is 12.2 Å². The molecule has 1 heterocycles. The lowest BCUT2D eigenvalue weighted by Gasteiger charge is -2.14. The van der Waals surface area contributed by atoms with Crippen molar-refractivity contribution in [3.8, 4) is 11.5 Å². The fourth-order valence-electron chi connectivity index (χ4n) is 2.53. The lowest BCUT2D eigenvalue weighted by molar-refractivity contribution is 0.102. The molecule has 1 amide bonds. The number of rotatable bonds is 8. The molecule has 0 atom stereocenters. The monoisotopic (exact) mass is 345 g/mol. The fourth-order valence-corrected chi connectivity index (χ4v) is 2.53. The SMILES string of the molecule is CCOc1ccc(OCC)c(NC(=O)c2cn(CC)nc2C(C)C)c1. The van der Waals surface area contributed by atoms with Gasteiger partial charge >= 0.3 is 0 Å². The number of nitrogens with one attached hydrogen (secondary N) is 1. The van der Waals surface area contributed by atoms with Crippen molar-refractivity contribution < 1.29 is 14.3 Å². The molecular formula is C19H27N3O3. The molecule has 0 fully saturated rings. The van der Waals surface area contributed by atoms with Crippen molar-refractivity contribution in [3.05, 3.63) is 35.7 Å². The maximum atomic E-state index is 12.8. The van der Waals surface area contributed by atoms with Crippen LogP contribution in [0, 0.1) is 0 Å². The Morgan fingerprint density at radius 2 is 1.92 bits per heavy atom. The van der Waals surface area contributed by atoms with Crippen LogP contribution < -0.4 is 14.8 Å². The van der Waals surface area contributed by atoms with E-state index in [4.69, 9.17) is 9.47 Å². The molecule has 1 aromatic carbocycles. The van der Waals surface area contributed by atoms with Gasteiger partial charge in [0.25, 0.3) is 5.91 Å². The van der Waals surface area contributed by atoms with Crippen molar-refractivity contribution in [2.75, 3.05) is 18.5 Å². The molecule has 6 heteroatoms. The number of hydrogen-bond acceptors (Lipinski definition) is 4. The van der Waals surface area contributed by atoms with Gasteiger partial charge in [-0.1, -0.05) is 13.8 Å². The van der Waals surface area contributed by atoms with E-state index in [9.17, 15) is 4.79 Å². The molecule has 25 heavy (non-hydrogen) atoms. The number of benzene rings is 1. The zero-order valence-corrected chi connectivity index (χ0v) is 15.6. The molecule has 136 valence electrons. The van der Waals surface area contributed by atoms with Gasteiger partial charge in [0.2, 0.25) is 0 Å². The van der Waals surface area contributed by atoms with Crippen molar-refractivity contribution in [3.63, 3.8) is 0 Å². The molecule has 0 bridgehead atoms. The summed E-state index contributed by atoms with van der Waals surface area (Å²) in [5.74, 6) is 1.27. The van der Waals surface area contributed by atoms with Gasteiger partial charge in [0.1, 0.15) is 11.5 Å². The molecule has 0 aliphatic carbocycles. The molecule has 0 aliphatic rings. The highest BCUT2D eigenvalue weighted by Crippen LogP contribution is 2.30. The molecule has 2 rings (SSSR count). The van der Waals surface area contributed by atoms with Crippen LogP contribution in [0.5, 0.6) is 11.5 Å². The number of aryl methyl sites for hydroxylation is 1. The van der Waals surface area contributed by atoms with E-state index >= 15 is 0 Å². The van der Waals surface area contributed by atoms with Crippen LogP contribution in [0.15, 0.2) is 24.4 Å². The molecular weight excluding hydrogens is 318 g/mol. The molecule has 0 unspecified atom stereocenters. The summed E-state index contributed by atoms with van der Waals surface area (Å²) in [7, 11) is 0. The van der Waals surface area contributed by atoms with Gasteiger partial charge in [0, 0.05) is 18.8 Å². The highest BCUT2D eigenvalue weighted by Gasteiger charge is 2.20. The van der Waals surface area contributed by atoms with Gasteiger partial charge in [-0.2, -0.15) is 5.10 Å². The summed E-state index contributed by atoms with van der Waals surface area (Å²) in [5.41, 5.74) is 1.97. The fraction of sp³-hybridized carbons (Fsp3) is 0.474. The van der Waals surface area contributed by atoms with E-state index < -0.39 is 0 Å². The van der Waals surface area contributed by atoms with Crippen LogP contribution >= 0.6 is 0 Å². The highest BCUT2D eigenvalue weighted by molar-refractivity contribution is 6.05. The van der Waals surface area contributed by atoms with Crippen LogP contribution in [0.4, 0.5) is 5.69 Å². The lowest BCUT2D eigenvalue weighted by atomic mass is 10.1. The van der Waals surface area contributed by atoms with Crippen molar-refractivity contribution in [1.82, 2.24) is 9.78 Å². The van der Waals surface area contributed by atoms with Gasteiger partial charge in [-0.25, -0.2) is 0 Å². The summed E-state index contributed by atoms with van der Waals surface area (Å²) in [6, 6.07) is 5.42. The Bertz CT molecular complexity index is 723. The van der Waals surface area contributed by atoms with E-state index in [1.807, 2.05) is 46.8 Å². The summed E-state index contributed by atoms with van der Waals surface area (Å²) < 4.78 is 12.9. The van der Waals surface area contributed by atoms with Crippen molar-refractivity contribution in [1.29, 1.82) is 0 Å². The van der Waals surface area contributed by atoms with Crippen molar-refractivity contribution in [2.45, 2.75) is 47.1 Å². The Kier molecular flexibility index (Phi) is 6.44. The summed E-state index contributed by atoms with van der Waals surface area (Å²) in [6.45, 7) is 11.7. The number of ether oxygens (including phenoxy) is 2. The topological polar surface area (TPSA) is 65.4 Å². The molecule has 0 spiro atoms. The second-order valence-corrected chi connectivity index (χ2v) is 5.92. The zero-order valence-electron chi connectivity index (χ0n) is 15.6. The first kappa shape index (κ1) is 18.8. The Morgan fingerprint density at radius 1 is 1.20 bits per heavy atom. The van der Waals surface area contributed by atoms with Gasteiger partial charge in [-0.15, -0.1) is 0 Å². The first-order valence-corrected chi connectivity index (χ1v) is 8.78. The first-order valence-electron chi connectivity index (χ1n) is 8.78. The van der Waals surface area contributed by atoms with Crippen molar-refractivity contribution in [2.24, 2.45) is 0 Å². The molecule has 1 N–H and O–H groups in total. The molecule has 1 aromatic heterocycles. The Hall–Kier alpha value is -2.50. The molecule has 0 radical (unpaired) electrons. The van der Waals surface area contributed by atoms with E-state index in [1.165, 1.54) is 0 Å². The minimum atomic E-state index is -0.196. The average Bonchev–Trinajstić information content (AvgIpc) is 3.02. The highest BCUT2D eigenvalue weighted by atomic mass is 16.5. The molecule has 2 aromatic rings. The maximum Gasteiger partial charge on any atom is 0.259 e. The minimum Gasteiger partial charge on any atom is -0.494 e. The second kappa shape index (κ2) is 8.55. The summed E-state index contributed by atoms with van der Waals surface area (Å²) in [6.07, 6.45) is 1.79. The number of anilines is 1. The number of aromatic nitrogens is 2. The number of amides is 1. The Labute approximate surface area is 149 Å². The smallest absolute Gasteiger partial charge is 0.259 e. The zero-order chi connectivity index (χ0) is 18.4. The standard InChI is InChI=1S/C19H27N3O3/c1-6-22-12-15(18(21-22)13(4)5)19(23)20-16-11-14(24-7-2)9-10-17(16)25-8-3/h9-13H,6-8H2,1-5H3,(H,20,23). The van der Waals surface area contributed by atoms with Gasteiger partial charge in [-0.05, 0) is 38.8 Å². The molecule has 6 nitrogen and oxygen atoms in total. The normalized spacial score (nSPS) is 10.8. The molecule has 0 saturated heterocycles. The minimum absolute atomic E-state index is 0.162. The maximum absolute atomic E-state index is 12.8. The van der Waals surface area contributed by atoms with Crippen LogP contribution in [0.25, 0.3) is 0 Å². The summed E-state index contributed by atoms with van der Waals surface area (Å²) >= 11 is 0. The van der Waals surface area contributed by atoms with Crippen LogP contribution in [0.2, 0.25) is 0 Å². The van der Waals surface area contributed by atoms with Crippen LogP contribution in [0.1, 0.15) is 56.6 Å². The largest absolute Gasteiger partial charge is 0.494 e. The Balaban J connectivity index is 2.33. The second-order valence-electron chi connectivity index (χ2n) is 5.92. The predicted molar refractivity (Wildman–Crippen MR) is 98.7 cm³/mol. The number of nitrogens with zero attached hydrogens (tertiary/aromatic N) is 2. The van der Waals surface area contributed by atoms with E-state index in [0.29, 0.717) is 36.0 Å². The summed E-state index contributed by atoms with van der Waals surface area (Å²) in [5, 5.41) is 7.44. The van der Waals surface area contributed by atoms with Gasteiger partial charge in [-0.3, -0.25) is 9.48 Å². The van der Waals surface area contributed by atoms with E-state index in [-0.39, 0.29) is 11.8 Å². The molecule has 0 aliphatic heterocycles. The third-order valence-corrected chi connectivity index (χ3v) is 3.72. The first-order chi connectivity index (χ1) is 12.0. The third kappa shape index (κ3) is 4.53. The number of hydrogen-bond donors (Lipinski definition) is 1. The third-order valence-electron chi connectivity index (χ3n) is 3.72. The van der Waals surface area contributed by atoms with Crippen LogP contribution in [0.3, 0.4) is 0 Å². The lowest BCUT2D eigenvalue weighted by Crippen LogP contribution is -2.15. The van der Waals surface area contributed by atoms with Crippen molar-refractivity contribution >= 4 is 11.6 Å². The summed E-state index contributed by atoms with van der Waals surface area (Å²) in [4.78, 5) is 12.8. The average molecular weight is 345 g/mol. The van der Waals surface area contributed by atoms with E-state index in [1.54, 1.807) is 16.9 Å². The molecule has 0 saturated carbocycles. The number of carbonyl (C=O) groups is 1. The van der Waals surface area contributed by atoms with Crippen LogP contribution in [-0.2, 0) is 6.54 Å². The Morgan fingerprint density at radius 3 is 2.52 bits per heavy atom. The van der Waals surface area contributed by atoms with Crippen LogP contribution in [-0.4, -0.2) is 28.9 Å². The number of carbonyl (C=O) groups excluding carboxylic acids is 1. The van der Waals surface area contributed by atoms with Gasteiger partial charge < -0.3 is 14.8 Å². The quantitative estimate of drug-likeness (QED) is 0.783. The van der Waals surface area contributed by atoms with Gasteiger partial charge in [0.15, 0.2) is 0 Å². The van der Waals surface area contributed by atoms with E-state index in [2.05, 4.69) is 10.4 Å².